The molecule has 0 radical (unpaired) electrons. The molecule has 0 unspecified atom stereocenters. The third-order valence-electron chi connectivity index (χ3n) is 7.10. The molecule has 1 aromatic carbocycles. The molecule has 14 heteroatoms. The molecule has 0 fully saturated rings. The minimum atomic E-state index is -3.87. The van der Waals surface area contributed by atoms with Crippen LogP contribution < -0.4 is 20.1 Å². The van der Waals surface area contributed by atoms with Gasteiger partial charge in [0.25, 0.3) is 10.0 Å². The standard InChI is InChI=1S/C30H53N3O8S2Si/c1-22-23(2)27(24(3)25-21-30(4,5)41-26(22)25)43(35,36)33-28(42)31-11-9-13-37-15-17-39-18-16-38-14-10-12-32-29(34)40-19-20-44(6,7)8/h9-21H2,1-8H3,(H,32,34)(H2,31,33,42). The lowest BCUT2D eigenvalue weighted by atomic mass is 9.94. The first-order valence-corrected chi connectivity index (χ1v) is 20.9. The van der Waals surface area contributed by atoms with E-state index in [9.17, 15) is 13.2 Å². The zero-order valence-corrected chi connectivity index (χ0v) is 30.4. The van der Waals surface area contributed by atoms with Crippen LogP contribution in [0.1, 0.15) is 48.9 Å². The number of fused-ring (bicyclic) bond motifs is 1. The highest BCUT2D eigenvalue weighted by molar-refractivity contribution is 7.92. The quantitative estimate of drug-likeness (QED) is 0.110. The molecule has 1 heterocycles. The van der Waals surface area contributed by atoms with Crippen molar-refractivity contribution in [2.24, 2.45) is 0 Å². The van der Waals surface area contributed by atoms with Crippen LogP contribution in [0.2, 0.25) is 25.7 Å². The van der Waals surface area contributed by atoms with Crippen LogP contribution in [-0.4, -0.2) is 92.6 Å². The van der Waals surface area contributed by atoms with E-state index in [0.29, 0.717) is 89.7 Å². The summed E-state index contributed by atoms with van der Waals surface area (Å²) < 4.78 is 56.9. The van der Waals surface area contributed by atoms with Gasteiger partial charge in [-0.15, -0.1) is 0 Å². The summed E-state index contributed by atoms with van der Waals surface area (Å²) in [4.78, 5) is 11.9. The van der Waals surface area contributed by atoms with Crippen molar-refractivity contribution in [2.45, 2.75) is 90.1 Å². The second kappa shape index (κ2) is 17.6. The van der Waals surface area contributed by atoms with Gasteiger partial charge in [0, 0.05) is 46.4 Å². The van der Waals surface area contributed by atoms with E-state index in [2.05, 4.69) is 35.0 Å². The molecule has 3 N–H and O–H groups in total. The molecule has 0 atom stereocenters. The summed E-state index contributed by atoms with van der Waals surface area (Å²) in [6.07, 6.45) is 1.62. The molecule has 0 saturated heterocycles. The molecule has 0 bridgehead atoms. The van der Waals surface area contributed by atoms with Gasteiger partial charge >= 0.3 is 6.09 Å². The second-order valence-electron chi connectivity index (χ2n) is 12.8. The zero-order chi connectivity index (χ0) is 33.0. The predicted octanol–water partition coefficient (Wildman–Crippen LogP) is 4.37. The van der Waals surface area contributed by atoms with Crippen LogP contribution in [0, 0.1) is 20.8 Å². The topological polar surface area (TPSA) is 133 Å². The Hall–Kier alpha value is -1.97. The van der Waals surface area contributed by atoms with Crippen LogP contribution in [0.4, 0.5) is 4.79 Å². The molecule has 252 valence electrons. The number of nitrogens with one attached hydrogen (secondary N) is 3. The Morgan fingerprint density at radius 2 is 1.41 bits per heavy atom. The largest absolute Gasteiger partial charge is 0.487 e. The summed E-state index contributed by atoms with van der Waals surface area (Å²) in [6, 6.07) is 0.957. The Balaban J connectivity index is 1.50. The van der Waals surface area contributed by atoms with Gasteiger partial charge in [-0.25, -0.2) is 13.2 Å². The molecule has 0 aromatic heterocycles. The van der Waals surface area contributed by atoms with Gasteiger partial charge in [-0.2, -0.15) is 0 Å². The number of carbonyl (C=O) groups is 1. The smallest absolute Gasteiger partial charge is 0.407 e. The van der Waals surface area contributed by atoms with Crippen LogP contribution in [0.3, 0.4) is 0 Å². The molecular weight excluding hydrogens is 623 g/mol. The lowest BCUT2D eigenvalue weighted by molar-refractivity contribution is 0.0139. The van der Waals surface area contributed by atoms with Crippen molar-refractivity contribution in [2.75, 3.05) is 59.3 Å². The average Bonchev–Trinajstić information content (AvgIpc) is 3.24. The highest BCUT2D eigenvalue weighted by Crippen LogP contribution is 2.43. The van der Waals surface area contributed by atoms with Gasteiger partial charge in [-0.3, -0.25) is 4.72 Å². The number of thiocarbonyl (C=S) groups is 1. The van der Waals surface area contributed by atoms with Gasteiger partial charge in [-0.1, -0.05) is 19.6 Å². The summed E-state index contributed by atoms with van der Waals surface area (Å²) in [6.45, 7) is 20.5. The van der Waals surface area contributed by atoms with Gasteiger partial charge in [0.05, 0.1) is 37.9 Å². The van der Waals surface area contributed by atoms with Crippen molar-refractivity contribution in [1.82, 2.24) is 15.4 Å². The number of rotatable bonds is 19. The van der Waals surface area contributed by atoms with Crippen LogP contribution >= 0.6 is 12.2 Å². The van der Waals surface area contributed by atoms with Crippen molar-refractivity contribution in [3.63, 3.8) is 0 Å². The van der Waals surface area contributed by atoms with E-state index in [1.54, 1.807) is 6.92 Å². The summed E-state index contributed by atoms with van der Waals surface area (Å²) in [5, 5.41) is 5.73. The van der Waals surface area contributed by atoms with E-state index in [4.69, 9.17) is 35.9 Å². The number of hydrogen-bond donors (Lipinski definition) is 3. The maximum atomic E-state index is 13.3. The molecule has 1 aliphatic heterocycles. The minimum Gasteiger partial charge on any atom is -0.487 e. The van der Waals surface area contributed by atoms with Crippen LogP contribution in [0.5, 0.6) is 5.75 Å². The van der Waals surface area contributed by atoms with Gasteiger partial charge in [0.2, 0.25) is 0 Å². The summed E-state index contributed by atoms with van der Waals surface area (Å²) >= 11 is 5.27. The molecule has 0 aliphatic carbocycles. The van der Waals surface area contributed by atoms with E-state index in [0.717, 1.165) is 22.9 Å². The Morgan fingerprint density at radius 3 is 1.98 bits per heavy atom. The van der Waals surface area contributed by atoms with Crippen molar-refractivity contribution >= 4 is 41.5 Å². The van der Waals surface area contributed by atoms with E-state index in [1.807, 2.05) is 27.7 Å². The molecule has 11 nitrogen and oxygen atoms in total. The molecule has 1 aromatic rings. The van der Waals surface area contributed by atoms with E-state index < -0.39 is 18.1 Å². The number of alkyl carbamates (subject to hydrolysis) is 1. The lowest BCUT2D eigenvalue weighted by Crippen LogP contribution is -2.40. The van der Waals surface area contributed by atoms with E-state index in [-0.39, 0.29) is 21.7 Å². The summed E-state index contributed by atoms with van der Waals surface area (Å²) in [7, 11) is -5.07. The van der Waals surface area contributed by atoms with Crippen molar-refractivity contribution in [3.05, 3.63) is 22.3 Å². The first-order valence-electron chi connectivity index (χ1n) is 15.3. The van der Waals surface area contributed by atoms with Gasteiger partial charge in [-0.05, 0) is 82.4 Å². The lowest BCUT2D eigenvalue weighted by Gasteiger charge is -2.19. The predicted molar refractivity (Wildman–Crippen MR) is 179 cm³/mol. The Labute approximate surface area is 270 Å². The second-order valence-corrected chi connectivity index (χ2v) is 20.5. The van der Waals surface area contributed by atoms with Crippen LogP contribution in [-0.2, 0) is 35.4 Å². The third-order valence-corrected chi connectivity index (χ3v) is 10.8. The molecule has 0 saturated carbocycles. The Morgan fingerprint density at radius 1 is 0.864 bits per heavy atom. The van der Waals surface area contributed by atoms with Crippen LogP contribution in [0.25, 0.3) is 0 Å². The van der Waals surface area contributed by atoms with Crippen molar-refractivity contribution < 1.29 is 36.9 Å². The molecule has 44 heavy (non-hydrogen) atoms. The number of ether oxygens (including phenoxy) is 5. The summed E-state index contributed by atoms with van der Waals surface area (Å²) in [5.41, 5.74) is 2.76. The van der Waals surface area contributed by atoms with Gasteiger partial charge < -0.3 is 34.3 Å². The highest BCUT2D eigenvalue weighted by Gasteiger charge is 2.36. The minimum absolute atomic E-state index is 0.0510. The van der Waals surface area contributed by atoms with Crippen molar-refractivity contribution in [3.8, 4) is 5.75 Å². The zero-order valence-electron chi connectivity index (χ0n) is 27.8. The number of hydrogen-bond acceptors (Lipinski definition) is 9. The molecule has 1 amide bonds. The van der Waals surface area contributed by atoms with E-state index >= 15 is 0 Å². The Kier molecular flexibility index (Phi) is 15.3. The maximum absolute atomic E-state index is 13.3. The fraction of sp³-hybridized carbons (Fsp3) is 0.733. The first kappa shape index (κ1) is 38.2. The molecule has 0 spiro atoms. The highest BCUT2D eigenvalue weighted by atomic mass is 32.2. The monoisotopic (exact) mass is 675 g/mol. The van der Waals surface area contributed by atoms with Crippen LogP contribution in [0.15, 0.2) is 4.90 Å². The number of amides is 1. The third kappa shape index (κ3) is 13.2. The number of benzene rings is 1. The van der Waals surface area contributed by atoms with Crippen molar-refractivity contribution in [1.29, 1.82) is 0 Å². The number of sulfonamides is 1. The molecule has 1 aliphatic rings. The average molecular weight is 676 g/mol. The fourth-order valence-electron chi connectivity index (χ4n) is 4.64. The normalized spacial score (nSPS) is 14.1. The number of carbonyl (C=O) groups excluding carboxylic acids is 1. The van der Waals surface area contributed by atoms with Gasteiger partial charge in [0.1, 0.15) is 11.4 Å². The molecule has 2 rings (SSSR count). The SMILES string of the molecule is Cc1c(C)c(S(=O)(=O)NC(=S)NCCCOCCOCCOCCCNC(=O)OCC[Si](C)(C)C)c(C)c2c1OC(C)(C)C2. The molecular formula is C30H53N3O8S2Si. The fourth-order valence-corrected chi connectivity index (χ4v) is 7.29. The first-order chi connectivity index (χ1) is 20.5. The summed E-state index contributed by atoms with van der Waals surface area (Å²) in [5.74, 6) is 0.788. The van der Waals surface area contributed by atoms with E-state index in [1.165, 1.54) is 0 Å². The van der Waals surface area contributed by atoms with Gasteiger partial charge in [0.15, 0.2) is 5.11 Å². The maximum Gasteiger partial charge on any atom is 0.407 e. The Bertz CT molecular complexity index is 1220.